The molecule has 0 bridgehead atoms. The largest absolute Gasteiger partial charge is 0.466 e. The summed E-state index contributed by atoms with van der Waals surface area (Å²) < 4.78 is 5.09. The first-order valence-corrected chi connectivity index (χ1v) is 9.55. The molecule has 0 N–H and O–H groups in total. The normalized spacial score (nSPS) is 14.7. The number of ether oxygens (including phenoxy) is 1. The quantitative estimate of drug-likeness (QED) is 0.428. The molecule has 0 spiro atoms. The Hall–Kier alpha value is -3.03. The van der Waals surface area contributed by atoms with Crippen LogP contribution in [0.5, 0.6) is 0 Å². The van der Waals surface area contributed by atoms with E-state index in [1.807, 2.05) is 29.2 Å². The van der Waals surface area contributed by atoms with E-state index in [9.17, 15) is 14.9 Å². The van der Waals surface area contributed by atoms with Crippen molar-refractivity contribution in [3.63, 3.8) is 0 Å². The summed E-state index contributed by atoms with van der Waals surface area (Å²) in [5.41, 5.74) is 2.06. The van der Waals surface area contributed by atoms with Gasteiger partial charge in [0.15, 0.2) is 5.69 Å². The van der Waals surface area contributed by atoms with E-state index in [-0.39, 0.29) is 17.6 Å². The molecule has 28 heavy (non-hydrogen) atoms. The number of piperidine rings is 1. The Kier molecular flexibility index (Phi) is 6.18. The summed E-state index contributed by atoms with van der Waals surface area (Å²) in [6, 6.07) is 7.60. The van der Waals surface area contributed by atoms with E-state index in [2.05, 4.69) is 16.9 Å². The SMILES string of the molecule is CCOC(=O)C1CCN(c2ncnc(-c3ccc(CC)cc3)c2[N+](=O)[O-])CC1. The second kappa shape index (κ2) is 8.77. The van der Waals surface area contributed by atoms with Crippen LogP contribution in [0.15, 0.2) is 30.6 Å². The summed E-state index contributed by atoms with van der Waals surface area (Å²) in [7, 11) is 0. The Morgan fingerprint density at radius 1 is 1.21 bits per heavy atom. The van der Waals surface area contributed by atoms with E-state index in [0.717, 1.165) is 12.0 Å². The topological polar surface area (TPSA) is 98.5 Å². The molecule has 148 valence electrons. The highest BCUT2D eigenvalue weighted by Gasteiger charge is 2.32. The Balaban J connectivity index is 1.88. The third-order valence-electron chi connectivity index (χ3n) is 5.04. The minimum atomic E-state index is -0.421. The Morgan fingerprint density at radius 2 is 1.89 bits per heavy atom. The average molecular weight is 384 g/mol. The first-order chi connectivity index (χ1) is 13.5. The molecular formula is C20H24N4O4. The summed E-state index contributed by atoms with van der Waals surface area (Å²) in [6.45, 7) is 5.22. The Bertz CT molecular complexity index is 846. The minimum Gasteiger partial charge on any atom is -0.466 e. The molecule has 1 aromatic heterocycles. The molecule has 0 atom stereocenters. The maximum atomic E-state index is 11.9. The molecule has 2 heterocycles. The van der Waals surface area contributed by atoms with Gasteiger partial charge < -0.3 is 9.64 Å². The summed E-state index contributed by atoms with van der Waals surface area (Å²) >= 11 is 0. The van der Waals surface area contributed by atoms with Gasteiger partial charge in [-0.1, -0.05) is 31.2 Å². The van der Waals surface area contributed by atoms with Crippen molar-refractivity contribution in [2.75, 3.05) is 24.6 Å². The van der Waals surface area contributed by atoms with Crippen LogP contribution in [0.1, 0.15) is 32.3 Å². The van der Waals surface area contributed by atoms with Crippen LogP contribution in [0.25, 0.3) is 11.3 Å². The number of carbonyl (C=O) groups excluding carboxylic acids is 1. The molecular weight excluding hydrogens is 360 g/mol. The first kappa shape index (κ1) is 19.7. The Morgan fingerprint density at radius 3 is 2.46 bits per heavy atom. The number of esters is 1. The third kappa shape index (κ3) is 4.11. The van der Waals surface area contributed by atoms with Gasteiger partial charge in [-0.25, -0.2) is 9.97 Å². The highest BCUT2D eigenvalue weighted by atomic mass is 16.6. The molecule has 8 nitrogen and oxygen atoms in total. The smallest absolute Gasteiger partial charge is 0.337 e. The lowest BCUT2D eigenvalue weighted by molar-refractivity contribution is -0.383. The second-order valence-corrected chi connectivity index (χ2v) is 6.72. The van der Waals surface area contributed by atoms with E-state index in [1.54, 1.807) is 6.92 Å². The number of nitro groups is 1. The lowest BCUT2D eigenvalue weighted by Gasteiger charge is -2.31. The maximum absolute atomic E-state index is 11.9. The van der Waals surface area contributed by atoms with Crippen molar-refractivity contribution in [3.8, 4) is 11.3 Å². The van der Waals surface area contributed by atoms with E-state index >= 15 is 0 Å². The van der Waals surface area contributed by atoms with E-state index in [0.29, 0.717) is 49.6 Å². The molecule has 3 rings (SSSR count). The number of benzene rings is 1. The van der Waals surface area contributed by atoms with Crippen LogP contribution in [0.3, 0.4) is 0 Å². The molecule has 0 saturated carbocycles. The zero-order chi connectivity index (χ0) is 20.1. The molecule has 8 heteroatoms. The van der Waals surface area contributed by atoms with Crippen LogP contribution in [0, 0.1) is 16.0 Å². The molecule has 1 fully saturated rings. The molecule has 1 aliphatic heterocycles. The average Bonchev–Trinajstić information content (AvgIpc) is 2.73. The molecule has 0 unspecified atom stereocenters. The summed E-state index contributed by atoms with van der Waals surface area (Å²) in [6.07, 6.45) is 3.43. The van der Waals surface area contributed by atoms with Crippen molar-refractivity contribution in [1.29, 1.82) is 0 Å². The van der Waals surface area contributed by atoms with Crippen LogP contribution in [0.2, 0.25) is 0 Å². The summed E-state index contributed by atoms with van der Waals surface area (Å²) in [5.74, 6) is -0.0638. The second-order valence-electron chi connectivity index (χ2n) is 6.72. The van der Waals surface area contributed by atoms with Gasteiger partial charge in [0.25, 0.3) is 0 Å². The van der Waals surface area contributed by atoms with Gasteiger partial charge in [0.1, 0.15) is 6.33 Å². The number of anilines is 1. The number of nitrogens with zero attached hydrogens (tertiary/aromatic N) is 4. The predicted octanol–water partition coefficient (Wildman–Crippen LogP) is 3.39. The van der Waals surface area contributed by atoms with Crippen molar-refractivity contribution in [3.05, 3.63) is 46.3 Å². The fraction of sp³-hybridized carbons (Fsp3) is 0.450. The summed E-state index contributed by atoms with van der Waals surface area (Å²) in [4.78, 5) is 33.6. The highest BCUT2D eigenvalue weighted by molar-refractivity contribution is 5.78. The minimum absolute atomic E-state index is 0.0960. The van der Waals surface area contributed by atoms with Gasteiger partial charge in [-0.3, -0.25) is 14.9 Å². The third-order valence-corrected chi connectivity index (χ3v) is 5.04. The number of carbonyl (C=O) groups is 1. The molecule has 2 aromatic rings. The number of hydrogen-bond donors (Lipinski definition) is 0. The molecule has 1 aromatic carbocycles. The van der Waals surface area contributed by atoms with Crippen molar-refractivity contribution in [2.45, 2.75) is 33.1 Å². The zero-order valence-corrected chi connectivity index (χ0v) is 16.1. The van der Waals surface area contributed by atoms with Gasteiger partial charge in [0, 0.05) is 18.7 Å². The standard InChI is InChI=1S/C20H24N4O4/c1-3-14-5-7-15(8-6-14)17-18(24(26)27)19(22-13-21-17)23-11-9-16(10-12-23)20(25)28-4-2/h5-8,13,16H,3-4,9-12H2,1-2H3. The van der Waals surface area contributed by atoms with Gasteiger partial charge >= 0.3 is 11.7 Å². The van der Waals surface area contributed by atoms with Crippen molar-refractivity contribution in [2.24, 2.45) is 5.92 Å². The highest BCUT2D eigenvalue weighted by Crippen LogP contribution is 2.36. The molecule has 0 radical (unpaired) electrons. The lowest BCUT2D eigenvalue weighted by Crippen LogP contribution is -2.37. The Labute approximate surface area is 163 Å². The van der Waals surface area contributed by atoms with Crippen LogP contribution < -0.4 is 4.90 Å². The van der Waals surface area contributed by atoms with E-state index in [4.69, 9.17) is 4.74 Å². The van der Waals surface area contributed by atoms with Crippen LogP contribution in [0.4, 0.5) is 11.5 Å². The van der Waals surface area contributed by atoms with Crippen molar-refractivity contribution < 1.29 is 14.5 Å². The van der Waals surface area contributed by atoms with Crippen LogP contribution in [-0.2, 0) is 16.0 Å². The van der Waals surface area contributed by atoms with Crippen LogP contribution in [-0.4, -0.2) is 40.6 Å². The predicted molar refractivity (Wildman–Crippen MR) is 105 cm³/mol. The number of hydrogen-bond acceptors (Lipinski definition) is 7. The van der Waals surface area contributed by atoms with Crippen molar-refractivity contribution >= 4 is 17.5 Å². The monoisotopic (exact) mass is 384 g/mol. The number of aryl methyl sites for hydroxylation is 1. The first-order valence-electron chi connectivity index (χ1n) is 9.55. The fourth-order valence-electron chi connectivity index (χ4n) is 3.47. The lowest BCUT2D eigenvalue weighted by atomic mass is 9.97. The van der Waals surface area contributed by atoms with Gasteiger partial charge in [0.2, 0.25) is 5.82 Å². The molecule has 0 aliphatic carbocycles. The summed E-state index contributed by atoms with van der Waals surface area (Å²) in [5, 5.41) is 11.9. The van der Waals surface area contributed by atoms with Crippen molar-refractivity contribution in [1.82, 2.24) is 9.97 Å². The molecule has 0 amide bonds. The van der Waals surface area contributed by atoms with Crippen LogP contribution >= 0.6 is 0 Å². The number of aromatic nitrogens is 2. The van der Waals surface area contributed by atoms with Gasteiger partial charge in [-0.15, -0.1) is 0 Å². The molecule has 1 saturated heterocycles. The maximum Gasteiger partial charge on any atom is 0.337 e. The number of rotatable bonds is 6. The van der Waals surface area contributed by atoms with Gasteiger partial charge in [0.05, 0.1) is 17.4 Å². The van der Waals surface area contributed by atoms with E-state index < -0.39 is 4.92 Å². The van der Waals surface area contributed by atoms with Gasteiger partial charge in [-0.2, -0.15) is 0 Å². The zero-order valence-electron chi connectivity index (χ0n) is 16.1. The fourth-order valence-corrected chi connectivity index (χ4v) is 3.47. The van der Waals surface area contributed by atoms with Gasteiger partial charge in [-0.05, 0) is 31.7 Å². The molecule has 1 aliphatic rings. The van der Waals surface area contributed by atoms with E-state index in [1.165, 1.54) is 6.33 Å².